The van der Waals surface area contributed by atoms with Crippen LogP contribution in [0.4, 0.5) is 0 Å². The molecule has 1 atom stereocenters. The van der Waals surface area contributed by atoms with Crippen molar-refractivity contribution >= 4 is 0 Å². The van der Waals surface area contributed by atoms with Gasteiger partial charge in [-0.1, -0.05) is 96.8 Å². The molecule has 1 N–H and O–H groups in total. The average Bonchev–Trinajstić information content (AvgIpc) is 2.80. The van der Waals surface area contributed by atoms with E-state index in [-0.39, 0.29) is 0 Å². The first-order chi connectivity index (χ1) is 10.9. The fourth-order valence-electron chi connectivity index (χ4n) is 3.83. The maximum atomic E-state index is 3.53. The summed E-state index contributed by atoms with van der Waals surface area (Å²) < 4.78 is 0. The molecule has 1 heteroatoms. The Morgan fingerprint density at radius 1 is 0.636 bits per heavy atom. The van der Waals surface area contributed by atoms with Crippen molar-refractivity contribution in [2.24, 2.45) is 5.92 Å². The number of unbranched alkanes of at least 4 members (excludes halogenated alkanes) is 12. The van der Waals surface area contributed by atoms with Crippen LogP contribution >= 0.6 is 0 Å². The largest absolute Gasteiger partial charge is 0.317 e. The molecule has 0 aliphatic carbocycles. The summed E-state index contributed by atoms with van der Waals surface area (Å²) in [7, 11) is 0. The van der Waals surface area contributed by atoms with Gasteiger partial charge < -0.3 is 5.32 Å². The first-order valence-electron chi connectivity index (χ1n) is 10.6. The van der Waals surface area contributed by atoms with Crippen molar-refractivity contribution in [1.82, 2.24) is 5.32 Å². The molecule has 0 spiro atoms. The number of rotatable bonds is 14. The van der Waals surface area contributed by atoms with Gasteiger partial charge in [0, 0.05) is 0 Å². The predicted molar refractivity (Wildman–Crippen MR) is 101 cm³/mol. The lowest BCUT2D eigenvalue weighted by Crippen LogP contribution is -2.14. The molecule has 0 aromatic carbocycles. The van der Waals surface area contributed by atoms with Crippen LogP contribution in [0.5, 0.6) is 0 Å². The second-order valence-electron chi connectivity index (χ2n) is 7.58. The van der Waals surface area contributed by atoms with Crippen molar-refractivity contribution < 1.29 is 0 Å². The second kappa shape index (κ2) is 15.8. The monoisotopic (exact) mass is 309 g/mol. The van der Waals surface area contributed by atoms with Crippen LogP contribution in [0.2, 0.25) is 0 Å². The molecule has 1 unspecified atom stereocenters. The molecule has 1 heterocycles. The smallest absolute Gasteiger partial charge is 0.00463 e. The Hall–Kier alpha value is -0.0400. The summed E-state index contributed by atoms with van der Waals surface area (Å²) in [6, 6.07) is 0. The molecular formula is C21H43N. The average molecular weight is 310 g/mol. The molecule has 1 saturated heterocycles. The Morgan fingerprint density at radius 2 is 1.18 bits per heavy atom. The first-order valence-corrected chi connectivity index (χ1v) is 10.6. The van der Waals surface area contributed by atoms with Gasteiger partial charge in [0.25, 0.3) is 0 Å². The summed E-state index contributed by atoms with van der Waals surface area (Å²) in [5, 5.41) is 3.53. The zero-order valence-electron chi connectivity index (χ0n) is 15.5. The van der Waals surface area contributed by atoms with Crippen LogP contribution in [0.15, 0.2) is 0 Å². The van der Waals surface area contributed by atoms with Crippen molar-refractivity contribution in [2.45, 2.75) is 116 Å². The van der Waals surface area contributed by atoms with Gasteiger partial charge >= 0.3 is 0 Å². The van der Waals surface area contributed by atoms with Crippen LogP contribution in [0, 0.1) is 5.92 Å². The molecule has 0 radical (unpaired) electrons. The van der Waals surface area contributed by atoms with E-state index in [2.05, 4.69) is 12.2 Å². The molecule has 0 amide bonds. The summed E-state index contributed by atoms with van der Waals surface area (Å²) in [5.74, 6) is 1.03. The molecular weight excluding hydrogens is 266 g/mol. The highest BCUT2D eigenvalue weighted by atomic mass is 14.8. The van der Waals surface area contributed by atoms with Gasteiger partial charge in [0.2, 0.25) is 0 Å². The summed E-state index contributed by atoms with van der Waals surface area (Å²) >= 11 is 0. The lowest BCUT2D eigenvalue weighted by atomic mass is 9.93. The van der Waals surface area contributed by atoms with Crippen molar-refractivity contribution in [3.63, 3.8) is 0 Å². The van der Waals surface area contributed by atoms with Crippen molar-refractivity contribution in [3.8, 4) is 0 Å². The highest BCUT2D eigenvalue weighted by Gasteiger charge is 2.10. The van der Waals surface area contributed by atoms with Gasteiger partial charge in [-0.25, -0.2) is 0 Å². The van der Waals surface area contributed by atoms with E-state index >= 15 is 0 Å². The highest BCUT2D eigenvalue weighted by Crippen LogP contribution is 2.21. The lowest BCUT2D eigenvalue weighted by Gasteiger charge is -2.12. The third kappa shape index (κ3) is 12.5. The first kappa shape index (κ1) is 20.0. The Kier molecular flexibility index (Phi) is 14.4. The van der Waals surface area contributed by atoms with Crippen molar-refractivity contribution in [1.29, 1.82) is 0 Å². The van der Waals surface area contributed by atoms with Gasteiger partial charge in [-0.15, -0.1) is 0 Å². The fraction of sp³-hybridized carbons (Fsp3) is 1.00. The van der Waals surface area contributed by atoms with E-state index in [4.69, 9.17) is 0 Å². The van der Waals surface area contributed by atoms with Crippen LogP contribution in [0.3, 0.4) is 0 Å². The Labute approximate surface area is 141 Å². The van der Waals surface area contributed by atoms with E-state index in [0.29, 0.717) is 0 Å². The Morgan fingerprint density at radius 3 is 1.77 bits per heavy atom. The van der Waals surface area contributed by atoms with Gasteiger partial charge in [-0.3, -0.25) is 0 Å². The van der Waals surface area contributed by atoms with Crippen LogP contribution in [0.1, 0.15) is 116 Å². The van der Waals surface area contributed by atoms with Crippen molar-refractivity contribution in [2.75, 3.05) is 13.1 Å². The van der Waals surface area contributed by atoms with Gasteiger partial charge in [0.1, 0.15) is 0 Å². The van der Waals surface area contributed by atoms with Gasteiger partial charge in [0.15, 0.2) is 0 Å². The van der Waals surface area contributed by atoms with Crippen molar-refractivity contribution in [3.05, 3.63) is 0 Å². The second-order valence-corrected chi connectivity index (χ2v) is 7.58. The third-order valence-corrected chi connectivity index (χ3v) is 5.41. The zero-order valence-corrected chi connectivity index (χ0v) is 15.5. The minimum atomic E-state index is 1.03. The maximum absolute atomic E-state index is 3.53. The topological polar surface area (TPSA) is 12.0 Å². The molecule has 1 fully saturated rings. The minimum Gasteiger partial charge on any atom is -0.317 e. The number of hydrogen-bond acceptors (Lipinski definition) is 1. The normalized spacial score (nSPS) is 19.2. The molecule has 22 heavy (non-hydrogen) atoms. The SMILES string of the molecule is CCCCCCCCCCCCCCCC1CCCNCC1. The molecule has 0 saturated carbocycles. The van der Waals surface area contributed by atoms with E-state index in [9.17, 15) is 0 Å². The van der Waals surface area contributed by atoms with Crippen LogP contribution < -0.4 is 5.32 Å². The van der Waals surface area contributed by atoms with E-state index in [1.54, 1.807) is 0 Å². The summed E-state index contributed by atoms with van der Waals surface area (Å²) in [5.41, 5.74) is 0. The molecule has 132 valence electrons. The van der Waals surface area contributed by atoms with Crippen LogP contribution in [0.25, 0.3) is 0 Å². The molecule has 0 bridgehead atoms. The van der Waals surface area contributed by atoms with Gasteiger partial charge in [-0.2, -0.15) is 0 Å². The minimum absolute atomic E-state index is 1.03. The summed E-state index contributed by atoms with van der Waals surface area (Å²) in [6.07, 6.45) is 25.0. The molecule has 1 aliphatic heterocycles. The summed E-state index contributed by atoms with van der Waals surface area (Å²) in [6.45, 7) is 4.83. The van der Waals surface area contributed by atoms with E-state index in [0.717, 1.165) is 5.92 Å². The predicted octanol–water partition coefficient (Wildman–Crippen LogP) is 6.86. The standard InChI is InChI=1S/C21H43N/c1-2-3-4-5-6-7-8-9-10-11-12-13-14-16-21-17-15-19-22-20-18-21/h21-22H,2-20H2,1H3. The zero-order chi connectivity index (χ0) is 15.7. The Bertz CT molecular complexity index is 206. The number of hydrogen-bond donors (Lipinski definition) is 1. The molecule has 0 aromatic rings. The van der Waals surface area contributed by atoms with Crippen LogP contribution in [-0.2, 0) is 0 Å². The Balaban J connectivity index is 1.72. The van der Waals surface area contributed by atoms with E-state index in [1.165, 1.54) is 122 Å². The third-order valence-electron chi connectivity index (χ3n) is 5.41. The quantitative estimate of drug-likeness (QED) is 0.346. The molecule has 1 rings (SSSR count). The molecule has 1 aliphatic rings. The van der Waals surface area contributed by atoms with E-state index in [1.807, 2.05) is 0 Å². The fourth-order valence-corrected chi connectivity index (χ4v) is 3.83. The van der Waals surface area contributed by atoms with Gasteiger partial charge in [-0.05, 0) is 38.3 Å². The lowest BCUT2D eigenvalue weighted by molar-refractivity contribution is 0.412. The summed E-state index contributed by atoms with van der Waals surface area (Å²) in [4.78, 5) is 0. The number of nitrogens with one attached hydrogen (secondary N) is 1. The maximum Gasteiger partial charge on any atom is -0.00463 e. The highest BCUT2D eigenvalue weighted by molar-refractivity contribution is 4.66. The molecule has 0 aromatic heterocycles. The van der Waals surface area contributed by atoms with E-state index < -0.39 is 0 Å². The van der Waals surface area contributed by atoms with Crippen LogP contribution in [-0.4, -0.2) is 13.1 Å². The molecule has 1 nitrogen and oxygen atoms in total. The van der Waals surface area contributed by atoms with Gasteiger partial charge in [0.05, 0.1) is 0 Å².